The van der Waals surface area contributed by atoms with Crippen LogP contribution in [0, 0.1) is 23.7 Å². The van der Waals surface area contributed by atoms with Crippen molar-refractivity contribution in [3.05, 3.63) is 0 Å². The van der Waals surface area contributed by atoms with E-state index in [0.717, 1.165) is 19.3 Å². The summed E-state index contributed by atoms with van der Waals surface area (Å²) in [7, 11) is 1.70. The van der Waals surface area contributed by atoms with Crippen LogP contribution in [-0.2, 0) is 24.0 Å². The third kappa shape index (κ3) is 1.81. The molecule has 5 fully saturated rings. The van der Waals surface area contributed by atoms with Gasteiger partial charge in [0.25, 0.3) is 0 Å². The summed E-state index contributed by atoms with van der Waals surface area (Å²) in [6, 6.07) is 0. The molecule has 4 saturated heterocycles. The highest BCUT2D eigenvalue weighted by atomic mass is 17.3. The minimum atomic E-state index is -0.698. The number of hydrogen-bond acceptors (Lipinski definition) is 5. The normalized spacial score (nSPS) is 59.4. The second-order valence-corrected chi connectivity index (χ2v) is 7.51. The number of methoxy groups -OCH3 is 1. The summed E-state index contributed by atoms with van der Waals surface area (Å²) < 4.78 is 17.9. The van der Waals surface area contributed by atoms with E-state index >= 15 is 0 Å². The number of fused-ring (bicyclic) bond motifs is 2. The van der Waals surface area contributed by atoms with Crippen molar-refractivity contribution in [2.24, 2.45) is 23.7 Å². The quantitative estimate of drug-likeness (QED) is 0.697. The van der Waals surface area contributed by atoms with Crippen LogP contribution in [-0.4, -0.2) is 31.1 Å². The highest BCUT2D eigenvalue weighted by Gasteiger charge is 2.69. The maximum Gasteiger partial charge on any atom is 0.201 e. The van der Waals surface area contributed by atoms with Gasteiger partial charge in [-0.05, 0) is 38.0 Å². The highest BCUT2D eigenvalue weighted by Crippen LogP contribution is 2.60. The van der Waals surface area contributed by atoms with E-state index in [4.69, 9.17) is 24.0 Å². The number of rotatable bonds is 1. The molecule has 5 nitrogen and oxygen atoms in total. The van der Waals surface area contributed by atoms with Crippen molar-refractivity contribution in [1.29, 1.82) is 0 Å². The van der Waals surface area contributed by atoms with Crippen molar-refractivity contribution in [3.8, 4) is 0 Å². The lowest BCUT2D eigenvalue weighted by atomic mass is 9.58. The molecule has 2 bridgehead atoms. The van der Waals surface area contributed by atoms with Crippen molar-refractivity contribution in [2.75, 3.05) is 7.11 Å². The third-order valence-electron chi connectivity index (χ3n) is 6.33. The molecule has 1 saturated carbocycles. The minimum absolute atomic E-state index is 0.230. The summed E-state index contributed by atoms with van der Waals surface area (Å²) in [5, 5.41) is 0. The van der Waals surface area contributed by atoms with E-state index in [1.807, 2.05) is 6.92 Å². The summed E-state index contributed by atoms with van der Waals surface area (Å²) in [6.45, 7) is 6.46. The molecular formula is C16H26O5. The zero-order valence-corrected chi connectivity index (χ0v) is 13.3. The lowest BCUT2D eigenvalue weighted by Gasteiger charge is -2.60. The van der Waals surface area contributed by atoms with Gasteiger partial charge < -0.3 is 14.2 Å². The average Bonchev–Trinajstić information content (AvgIpc) is 2.69. The first-order valence-corrected chi connectivity index (χ1v) is 8.23. The maximum absolute atomic E-state index is 6.21. The molecule has 21 heavy (non-hydrogen) atoms. The molecule has 1 spiro atoms. The smallest absolute Gasteiger partial charge is 0.201 e. The van der Waals surface area contributed by atoms with E-state index in [1.54, 1.807) is 7.11 Å². The van der Waals surface area contributed by atoms with Gasteiger partial charge >= 0.3 is 0 Å². The van der Waals surface area contributed by atoms with Crippen molar-refractivity contribution >= 4 is 0 Å². The minimum Gasteiger partial charge on any atom is -0.355 e. The Balaban J connectivity index is 1.79. The van der Waals surface area contributed by atoms with Crippen LogP contribution < -0.4 is 0 Å². The van der Waals surface area contributed by atoms with E-state index in [2.05, 4.69) is 13.8 Å². The molecule has 8 atom stereocenters. The van der Waals surface area contributed by atoms with Gasteiger partial charge in [-0.15, -0.1) is 0 Å². The Labute approximate surface area is 126 Å². The molecule has 0 aromatic carbocycles. The zero-order chi connectivity index (χ0) is 14.8. The lowest BCUT2D eigenvalue weighted by molar-refractivity contribution is -0.577. The topological polar surface area (TPSA) is 46.2 Å². The van der Waals surface area contributed by atoms with Crippen LogP contribution in [0.15, 0.2) is 0 Å². The summed E-state index contributed by atoms with van der Waals surface area (Å²) in [6.07, 6.45) is 3.64. The summed E-state index contributed by atoms with van der Waals surface area (Å²) in [4.78, 5) is 11.8. The first-order valence-electron chi connectivity index (χ1n) is 8.23. The average molecular weight is 298 g/mol. The second kappa shape index (κ2) is 4.65. The van der Waals surface area contributed by atoms with Gasteiger partial charge in [0.05, 0.1) is 0 Å². The lowest BCUT2D eigenvalue weighted by Crippen LogP contribution is -2.70. The largest absolute Gasteiger partial charge is 0.355 e. The van der Waals surface area contributed by atoms with Gasteiger partial charge in [0, 0.05) is 25.4 Å². The molecule has 0 N–H and O–H groups in total. The molecular weight excluding hydrogens is 272 g/mol. The Hall–Kier alpha value is -0.200. The van der Waals surface area contributed by atoms with Crippen LogP contribution in [0.5, 0.6) is 0 Å². The predicted molar refractivity (Wildman–Crippen MR) is 73.8 cm³/mol. The Morgan fingerprint density at radius 2 is 1.86 bits per heavy atom. The molecule has 4 heterocycles. The number of hydrogen-bond donors (Lipinski definition) is 0. The van der Waals surface area contributed by atoms with Crippen LogP contribution in [0.4, 0.5) is 0 Å². The molecule has 120 valence electrons. The van der Waals surface area contributed by atoms with E-state index in [9.17, 15) is 0 Å². The Kier molecular flexibility index (Phi) is 3.19. The van der Waals surface area contributed by atoms with E-state index in [0.29, 0.717) is 17.8 Å². The van der Waals surface area contributed by atoms with Crippen LogP contribution in [0.25, 0.3) is 0 Å². The maximum atomic E-state index is 6.21. The van der Waals surface area contributed by atoms with Crippen LogP contribution >= 0.6 is 0 Å². The first kappa shape index (κ1) is 14.4. The first-order chi connectivity index (χ1) is 10.00. The molecule has 0 aromatic heterocycles. The molecule has 4 aliphatic heterocycles. The number of ether oxygens (including phenoxy) is 3. The Bertz CT molecular complexity index is 429. The van der Waals surface area contributed by atoms with Crippen molar-refractivity contribution < 1.29 is 24.0 Å². The van der Waals surface area contributed by atoms with E-state index in [1.165, 1.54) is 6.42 Å². The zero-order valence-electron chi connectivity index (χ0n) is 13.3. The summed E-state index contributed by atoms with van der Waals surface area (Å²) in [5.74, 6) is 0.953. The standard InChI is InChI=1S/C16H26O5/c1-9-5-6-12-10(2)13(17-4)18-14-16(12)11(9)7-8-15(3,19-14)20-21-16/h9-14H,5-8H2,1-4H3/t9?,10-,11?,12?,13+,14?,15?,16-/m1/s1. The molecule has 5 unspecified atom stereocenters. The van der Waals surface area contributed by atoms with Gasteiger partial charge in [-0.2, -0.15) is 0 Å². The van der Waals surface area contributed by atoms with E-state index < -0.39 is 17.7 Å². The van der Waals surface area contributed by atoms with Gasteiger partial charge in [-0.1, -0.05) is 13.8 Å². The van der Waals surface area contributed by atoms with Gasteiger partial charge in [-0.3, -0.25) is 0 Å². The molecule has 1 aliphatic carbocycles. The van der Waals surface area contributed by atoms with Crippen LogP contribution in [0.1, 0.15) is 46.5 Å². The van der Waals surface area contributed by atoms with Crippen molar-refractivity contribution in [3.63, 3.8) is 0 Å². The fourth-order valence-corrected chi connectivity index (χ4v) is 5.14. The molecule has 5 aliphatic rings. The van der Waals surface area contributed by atoms with Gasteiger partial charge in [0.2, 0.25) is 5.79 Å². The van der Waals surface area contributed by atoms with Crippen molar-refractivity contribution in [2.45, 2.75) is 70.4 Å². The SMILES string of the molecule is CO[C@H]1OC2OC3(C)CCC4C(C)CCC([C@H]1C)[C@@]24OO3. The van der Waals surface area contributed by atoms with E-state index in [-0.39, 0.29) is 12.2 Å². The highest BCUT2D eigenvalue weighted by molar-refractivity contribution is 5.08. The van der Waals surface area contributed by atoms with Crippen LogP contribution in [0.2, 0.25) is 0 Å². The molecule has 0 radical (unpaired) electrons. The van der Waals surface area contributed by atoms with Crippen LogP contribution in [0.3, 0.4) is 0 Å². The fraction of sp³-hybridized carbons (Fsp3) is 1.00. The molecule has 5 heteroatoms. The Morgan fingerprint density at radius 1 is 1.05 bits per heavy atom. The fourth-order valence-electron chi connectivity index (χ4n) is 5.14. The third-order valence-corrected chi connectivity index (χ3v) is 6.33. The monoisotopic (exact) mass is 298 g/mol. The summed E-state index contributed by atoms with van der Waals surface area (Å²) in [5.41, 5.74) is -0.470. The van der Waals surface area contributed by atoms with Gasteiger partial charge in [0.15, 0.2) is 18.2 Å². The molecule has 0 aromatic rings. The van der Waals surface area contributed by atoms with Gasteiger partial charge in [-0.25, -0.2) is 9.78 Å². The van der Waals surface area contributed by atoms with Crippen molar-refractivity contribution in [1.82, 2.24) is 0 Å². The second-order valence-electron chi connectivity index (χ2n) is 7.51. The predicted octanol–water partition coefficient (Wildman–Crippen LogP) is 2.84. The molecule has 5 rings (SSSR count). The molecule has 0 amide bonds. The summed E-state index contributed by atoms with van der Waals surface area (Å²) >= 11 is 0. The Morgan fingerprint density at radius 3 is 2.62 bits per heavy atom. The van der Waals surface area contributed by atoms with Gasteiger partial charge in [0.1, 0.15) is 0 Å².